The normalized spacial score (nSPS) is 29.9. The summed E-state index contributed by atoms with van der Waals surface area (Å²) in [5.74, 6) is -0.405. The molecule has 2 fully saturated rings. The molecule has 0 spiro atoms. The minimum atomic E-state index is -1.16. The van der Waals surface area contributed by atoms with Gasteiger partial charge in [-0.2, -0.15) is 0 Å². The third-order valence-electron chi connectivity index (χ3n) is 5.50. The molecule has 2 aliphatic rings. The minimum absolute atomic E-state index is 0. The molecule has 143 valence electrons. The maximum Gasteiger partial charge on any atom is 0.223 e. The molecule has 2 aliphatic heterocycles. The first-order valence-corrected chi connectivity index (χ1v) is 8.98. The fourth-order valence-electron chi connectivity index (χ4n) is 3.95. The van der Waals surface area contributed by atoms with Crippen LogP contribution < -0.4 is 5.32 Å². The van der Waals surface area contributed by atoms with Gasteiger partial charge < -0.3 is 16.2 Å². The van der Waals surface area contributed by atoms with E-state index in [9.17, 15) is 14.7 Å². The molecule has 0 bridgehead atoms. The Hall–Kier alpha value is 0.422. The Morgan fingerprint density at radius 2 is 2.12 bits per heavy atom. The number of ketones is 1. The molecule has 25 heavy (non-hydrogen) atoms. The Bertz CT molecular complexity index is 491. The van der Waals surface area contributed by atoms with Crippen LogP contribution in [0, 0.1) is 50.0 Å². The Morgan fingerprint density at radius 3 is 2.64 bits per heavy atom. The third kappa shape index (κ3) is 4.83. The molecule has 2 saturated heterocycles. The van der Waals surface area contributed by atoms with E-state index in [1.807, 2.05) is 25.9 Å². The SMILES string of the molecule is CCC(CC(=O)C1CCN2CC(C)([NH-])C(=O)N12)C(O)C(CC)NC.[Ac].[HH]. The molecule has 1 radical (unpaired) electrons. The number of nitrogens with zero attached hydrogens (tertiary/aromatic N) is 2. The van der Waals surface area contributed by atoms with Crippen LogP contribution in [-0.2, 0) is 9.59 Å². The second kappa shape index (κ2) is 9.57. The molecule has 0 saturated carbocycles. The van der Waals surface area contributed by atoms with E-state index in [4.69, 9.17) is 5.73 Å². The number of carbonyl (C=O) groups is 2. The summed E-state index contributed by atoms with van der Waals surface area (Å²) in [4.78, 5) is 25.2. The number of fused-ring (bicyclic) bond motifs is 1. The van der Waals surface area contributed by atoms with Crippen molar-refractivity contribution in [3.05, 3.63) is 5.73 Å². The Labute approximate surface area is 188 Å². The van der Waals surface area contributed by atoms with E-state index in [0.717, 1.165) is 6.42 Å². The van der Waals surface area contributed by atoms with Crippen LogP contribution in [0.2, 0.25) is 0 Å². The Morgan fingerprint density at radius 1 is 1.48 bits per heavy atom. The first-order valence-electron chi connectivity index (χ1n) is 8.98. The largest absolute Gasteiger partial charge is 0.663 e. The molecule has 1 amide bonds. The first kappa shape index (κ1) is 23.5. The van der Waals surface area contributed by atoms with Crippen LogP contribution in [0.5, 0.6) is 0 Å². The molecule has 0 aromatic rings. The average Bonchev–Trinajstić information content (AvgIpc) is 3.03. The first-order chi connectivity index (χ1) is 11.3. The molecule has 3 N–H and O–H groups in total. The molecular weight excluding hydrogens is 535 g/mol. The van der Waals surface area contributed by atoms with Crippen molar-refractivity contribution in [2.45, 2.75) is 70.2 Å². The van der Waals surface area contributed by atoms with Gasteiger partial charge in [0, 0.05) is 71.0 Å². The van der Waals surface area contributed by atoms with Crippen molar-refractivity contribution in [2.24, 2.45) is 5.92 Å². The average molecular weight is 568 g/mol. The Balaban J connectivity index is 0.00000312. The number of amides is 1. The van der Waals surface area contributed by atoms with Gasteiger partial charge in [0.1, 0.15) is 6.04 Å². The molecule has 2 rings (SSSR count). The third-order valence-corrected chi connectivity index (χ3v) is 5.50. The van der Waals surface area contributed by atoms with Crippen LogP contribution in [-0.4, -0.2) is 70.7 Å². The van der Waals surface area contributed by atoms with E-state index in [1.54, 1.807) is 6.92 Å². The summed E-state index contributed by atoms with van der Waals surface area (Å²) < 4.78 is 0. The van der Waals surface area contributed by atoms with Gasteiger partial charge >= 0.3 is 0 Å². The number of hydrazine groups is 1. The smallest absolute Gasteiger partial charge is 0.223 e. The van der Waals surface area contributed by atoms with Crippen LogP contribution >= 0.6 is 0 Å². The van der Waals surface area contributed by atoms with Gasteiger partial charge in [0.05, 0.1) is 6.10 Å². The summed E-state index contributed by atoms with van der Waals surface area (Å²) in [5, 5.41) is 17.0. The minimum Gasteiger partial charge on any atom is -0.663 e. The fraction of sp³-hybridized carbons (Fsp3) is 0.882. The number of rotatable bonds is 8. The number of carbonyl (C=O) groups excluding carboxylic acids is 2. The van der Waals surface area contributed by atoms with Crippen molar-refractivity contribution >= 4 is 11.7 Å². The summed E-state index contributed by atoms with van der Waals surface area (Å²) in [6.45, 7) is 6.59. The van der Waals surface area contributed by atoms with Crippen LogP contribution in [0.25, 0.3) is 5.73 Å². The molecule has 2 heterocycles. The summed E-state index contributed by atoms with van der Waals surface area (Å²) in [6.07, 6.45) is 1.82. The summed E-state index contributed by atoms with van der Waals surface area (Å²) in [5.41, 5.74) is 6.92. The number of aliphatic hydroxyl groups is 1. The van der Waals surface area contributed by atoms with Gasteiger partial charge in [0.15, 0.2) is 5.78 Å². The van der Waals surface area contributed by atoms with Crippen molar-refractivity contribution in [1.82, 2.24) is 15.3 Å². The van der Waals surface area contributed by atoms with Gasteiger partial charge in [0.2, 0.25) is 5.91 Å². The Kier molecular flexibility index (Phi) is 8.98. The molecule has 0 aliphatic carbocycles. The van der Waals surface area contributed by atoms with Gasteiger partial charge in [-0.25, -0.2) is 5.01 Å². The van der Waals surface area contributed by atoms with Crippen molar-refractivity contribution < 1.29 is 60.2 Å². The molecule has 0 aromatic heterocycles. The topological polar surface area (TPSA) is 96.7 Å². The van der Waals surface area contributed by atoms with Gasteiger partial charge in [-0.15, -0.1) is 0 Å². The summed E-state index contributed by atoms with van der Waals surface area (Å²) in [7, 11) is 1.82. The van der Waals surface area contributed by atoms with E-state index in [0.29, 0.717) is 25.9 Å². The zero-order valence-electron chi connectivity index (χ0n) is 15.8. The molecule has 7 nitrogen and oxygen atoms in total. The number of Topliss-reactive ketones (excluding diaryl/α,β-unsaturated/α-hetero) is 1. The van der Waals surface area contributed by atoms with Crippen LogP contribution in [0.15, 0.2) is 0 Å². The second-order valence-electron chi connectivity index (χ2n) is 7.31. The van der Waals surface area contributed by atoms with Gasteiger partial charge in [-0.1, -0.05) is 27.2 Å². The van der Waals surface area contributed by atoms with E-state index in [2.05, 4.69) is 5.32 Å². The van der Waals surface area contributed by atoms with Gasteiger partial charge in [-0.3, -0.25) is 14.6 Å². The van der Waals surface area contributed by atoms with Crippen LogP contribution in [0.4, 0.5) is 0 Å². The quantitative estimate of drug-likeness (QED) is 0.459. The van der Waals surface area contributed by atoms with Crippen molar-refractivity contribution in [3.8, 4) is 0 Å². The van der Waals surface area contributed by atoms with E-state index >= 15 is 0 Å². The van der Waals surface area contributed by atoms with E-state index in [1.165, 1.54) is 5.01 Å². The maximum absolute atomic E-state index is 12.8. The van der Waals surface area contributed by atoms with Gasteiger partial charge in [-0.05, 0) is 31.3 Å². The van der Waals surface area contributed by atoms with Crippen LogP contribution in [0.1, 0.15) is 47.9 Å². The van der Waals surface area contributed by atoms with Crippen molar-refractivity contribution in [1.29, 1.82) is 0 Å². The molecule has 0 aromatic carbocycles. The zero-order chi connectivity index (χ0) is 18.1. The van der Waals surface area contributed by atoms with Crippen molar-refractivity contribution in [3.63, 3.8) is 0 Å². The molecular formula is C17H33AcN4O3-. The number of hydrogen-bond acceptors (Lipinski definition) is 5. The zero-order valence-corrected chi connectivity index (χ0v) is 20.5. The number of aliphatic hydroxyl groups excluding tert-OH is 1. The molecule has 5 atom stereocenters. The second-order valence-corrected chi connectivity index (χ2v) is 7.31. The standard InChI is InChI=1S/C17H31N4O3.Ac.H2/c1-5-11(15(23)12(6-2)19-4)9-14(22)13-7-8-20-10-17(3,18)16(24)21(13)20;;/h11-13,15,18-19,23H,5-10H2,1-4H3;;1H/q-1;;. The predicted octanol–water partition coefficient (Wildman–Crippen LogP) is 1.22. The maximum atomic E-state index is 12.8. The summed E-state index contributed by atoms with van der Waals surface area (Å²) in [6, 6.07) is -0.506. The fourth-order valence-corrected chi connectivity index (χ4v) is 3.95. The number of likely N-dealkylation sites (N-methyl/N-ethyl adjacent to an activating group) is 1. The van der Waals surface area contributed by atoms with Gasteiger partial charge in [0.25, 0.3) is 0 Å². The number of hydrogen-bond donors (Lipinski definition) is 2. The van der Waals surface area contributed by atoms with Crippen LogP contribution in [0.3, 0.4) is 0 Å². The van der Waals surface area contributed by atoms with Crippen molar-refractivity contribution in [2.75, 3.05) is 20.1 Å². The predicted molar refractivity (Wildman–Crippen MR) is 94.2 cm³/mol. The van der Waals surface area contributed by atoms with E-state index < -0.39 is 17.7 Å². The molecule has 5 unspecified atom stereocenters. The van der Waals surface area contributed by atoms with E-state index in [-0.39, 0.29) is 75.6 Å². The number of nitrogens with one attached hydrogen (secondary N) is 2. The monoisotopic (exact) mass is 568 g/mol. The summed E-state index contributed by atoms with van der Waals surface area (Å²) >= 11 is 0. The molecule has 8 heteroatoms.